The van der Waals surface area contributed by atoms with Crippen LogP contribution in [0, 0.1) is 6.92 Å². The third-order valence-electron chi connectivity index (χ3n) is 4.32. The highest BCUT2D eigenvalue weighted by molar-refractivity contribution is 7.19. The van der Waals surface area contributed by atoms with Crippen molar-refractivity contribution in [1.82, 2.24) is 4.98 Å². The zero-order valence-electron chi connectivity index (χ0n) is 16.2. The second-order valence-electron chi connectivity index (χ2n) is 6.56. The van der Waals surface area contributed by atoms with Gasteiger partial charge in [0.15, 0.2) is 10.9 Å². The van der Waals surface area contributed by atoms with Crippen LogP contribution in [0.15, 0.2) is 63.8 Å². The number of hydrogen-bond acceptors (Lipinski definition) is 6. The zero-order valence-corrected chi connectivity index (χ0v) is 17.8. The lowest BCUT2D eigenvalue weighted by Crippen LogP contribution is -2.12. The van der Waals surface area contributed by atoms with Crippen molar-refractivity contribution in [3.05, 3.63) is 65.6 Å². The van der Waals surface area contributed by atoms with Crippen LogP contribution in [0.5, 0.6) is 5.75 Å². The van der Waals surface area contributed by atoms with Crippen molar-refractivity contribution in [2.75, 3.05) is 11.9 Å². The van der Waals surface area contributed by atoms with Crippen LogP contribution < -0.4 is 10.1 Å². The van der Waals surface area contributed by atoms with Gasteiger partial charge in [0.05, 0.1) is 19.1 Å². The first-order valence-corrected chi connectivity index (χ1v) is 10.6. The van der Waals surface area contributed by atoms with Gasteiger partial charge in [0.25, 0.3) is 0 Å². The van der Waals surface area contributed by atoms with Gasteiger partial charge in [-0.1, -0.05) is 22.9 Å². The Bertz CT molecular complexity index is 1070. The summed E-state index contributed by atoms with van der Waals surface area (Å²) >= 11 is 7.29. The first-order chi connectivity index (χ1) is 14.6. The molecule has 1 aromatic carbocycles. The minimum atomic E-state index is -0.128. The number of amides is 1. The second kappa shape index (κ2) is 9.19. The maximum atomic E-state index is 12.4. The van der Waals surface area contributed by atoms with E-state index in [2.05, 4.69) is 10.3 Å². The third-order valence-corrected chi connectivity index (χ3v) is 5.54. The van der Waals surface area contributed by atoms with Gasteiger partial charge in [0, 0.05) is 11.4 Å². The fourth-order valence-corrected chi connectivity index (χ4v) is 4.08. The number of rotatable bonds is 8. The van der Waals surface area contributed by atoms with Crippen LogP contribution in [0.3, 0.4) is 0 Å². The molecule has 0 saturated heterocycles. The Kier molecular flexibility index (Phi) is 6.21. The number of furan rings is 2. The highest BCUT2D eigenvalue weighted by atomic mass is 35.5. The number of ether oxygens (including phenoxy) is 1. The van der Waals surface area contributed by atoms with Gasteiger partial charge in [-0.3, -0.25) is 4.79 Å². The highest BCUT2D eigenvalue weighted by Gasteiger charge is 2.19. The number of halogens is 1. The standard InChI is InChI=1S/C22H19ClN2O4S/c1-14-13-15(23)8-9-16(14)27-12-4-7-19(26)24-22-25-20(17-5-2-10-28-17)21(30-22)18-6-3-11-29-18/h2-3,5-6,8-11,13H,4,7,12H2,1H3,(H,24,25,26). The van der Waals surface area contributed by atoms with Crippen LogP contribution in [0.25, 0.3) is 22.1 Å². The summed E-state index contributed by atoms with van der Waals surface area (Å²) in [5, 5.41) is 4.02. The number of anilines is 1. The van der Waals surface area contributed by atoms with Gasteiger partial charge in [-0.25, -0.2) is 4.98 Å². The van der Waals surface area contributed by atoms with Crippen molar-refractivity contribution in [3.8, 4) is 27.8 Å². The molecule has 0 spiro atoms. The first-order valence-electron chi connectivity index (χ1n) is 9.37. The lowest BCUT2D eigenvalue weighted by atomic mass is 10.2. The van der Waals surface area contributed by atoms with E-state index in [4.69, 9.17) is 25.2 Å². The van der Waals surface area contributed by atoms with E-state index in [0.717, 1.165) is 16.2 Å². The molecule has 0 radical (unpaired) electrons. The minimum absolute atomic E-state index is 0.128. The van der Waals surface area contributed by atoms with Crippen molar-refractivity contribution in [3.63, 3.8) is 0 Å². The number of thiazole rings is 1. The van der Waals surface area contributed by atoms with Crippen molar-refractivity contribution in [1.29, 1.82) is 0 Å². The van der Waals surface area contributed by atoms with Crippen LogP contribution in [0.4, 0.5) is 5.13 Å². The maximum Gasteiger partial charge on any atom is 0.226 e. The lowest BCUT2D eigenvalue weighted by molar-refractivity contribution is -0.116. The summed E-state index contributed by atoms with van der Waals surface area (Å²) in [6.45, 7) is 2.37. The summed E-state index contributed by atoms with van der Waals surface area (Å²) in [6.07, 6.45) is 4.08. The van der Waals surface area contributed by atoms with Crippen LogP contribution in [0.2, 0.25) is 5.02 Å². The van der Waals surface area contributed by atoms with Gasteiger partial charge in [-0.2, -0.15) is 0 Å². The normalized spacial score (nSPS) is 10.9. The second-order valence-corrected chi connectivity index (χ2v) is 8.00. The summed E-state index contributed by atoms with van der Waals surface area (Å²) < 4.78 is 16.7. The van der Waals surface area contributed by atoms with E-state index < -0.39 is 0 Å². The summed E-state index contributed by atoms with van der Waals surface area (Å²) in [4.78, 5) is 17.7. The Hall–Kier alpha value is -3.03. The van der Waals surface area contributed by atoms with Gasteiger partial charge in [0.1, 0.15) is 22.1 Å². The number of carbonyl (C=O) groups is 1. The molecule has 0 saturated carbocycles. The predicted molar refractivity (Wildman–Crippen MR) is 117 cm³/mol. The number of benzene rings is 1. The molecule has 4 aromatic rings. The Morgan fingerprint density at radius 1 is 1.17 bits per heavy atom. The van der Waals surface area contributed by atoms with E-state index in [0.29, 0.717) is 46.8 Å². The molecule has 3 aromatic heterocycles. The third kappa shape index (κ3) is 4.75. The Morgan fingerprint density at radius 2 is 1.93 bits per heavy atom. The van der Waals surface area contributed by atoms with E-state index in [1.807, 2.05) is 37.3 Å². The number of nitrogens with one attached hydrogen (secondary N) is 1. The molecule has 154 valence electrons. The van der Waals surface area contributed by atoms with Crippen LogP contribution in [0.1, 0.15) is 18.4 Å². The molecule has 3 heterocycles. The number of aryl methyl sites for hydroxylation is 1. The molecule has 0 aliphatic carbocycles. The molecule has 4 rings (SSSR count). The number of carbonyl (C=O) groups excluding carboxylic acids is 1. The average molecular weight is 443 g/mol. The Labute approximate surface area is 182 Å². The van der Waals surface area contributed by atoms with Gasteiger partial charge in [-0.05, 0) is 61.4 Å². The number of nitrogens with zero attached hydrogens (tertiary/aromatic N) is 1. The molecule has 8 heteroatoms. The largest absolute Gasteiger partial charge is 0.493 e. The van der Waals surface area contributed by atoms with Crippen molar-refractivity contribution >= 4 is 34.0 Å². The van der Waals surface area contributed by atoms with Crippen molar-refractivity contribution in [2.24, 2.45) is 0 Å². The fourth-order valence-electron chi connectivity index (χ4n) is 2.90. The molecule has 0 atom stereocenters. The predicted octanol–water partition coefficient (Wildman–Crippen LogP) is 6.42. The van der Waals surface area contributed by atoms with E-state index in [9.17, 15) is 4.79 Å². The number of hydrogen-bond donors (Lipinski definition) is 1. The van der Waals surface area contributed by atoms with E-state index in [-0.39, 0.29) is 5.91 Å². The van der Waals surface area contributed by atoms with Gasteiger partial charge < -0.3 is 18.9 Å². The van der Waals surface area contributed by atoms with Crippen molar-refractivity contribution < 1.29 is 18.4 Å². The zero-order chi connectivity index (χ0) is 20.9. The molecule has 1 amide bonds. The fraction of sp³-hybridized carbons (Fsp3) is 0.182. The molecule has 0 aliphatic heterocycles. The summed E-state index contributed by atoms with van der Waals surface area (Å²) in [6, 6.07) is 12.7. The molecular formula is C22H19ClN2O4S. The van der Waals surface area contributed by atoms with E-state index in [1.54, 1.807) is 24.7 Å². The summed E-state index contributed by atoms with van der Waals surface area (Å²) in [5.74, 6) is 1.93. The van der Waals surface area contributed by atoms with Crippen LogP contribution >= 0.6 is 22.9 Å². The molecule has 0 unspecified atom stereocenters. The summed E-state index contributed by atoms with van der Waals surface area (Å²) in [7, 11) is 0. The van der Waals surface area contributed by atoms with Gasteiger partial charge in [0.2, 0.25) is 5.91 Å². The minimum Gasteiger partial charge on any atom is -0.493 e. The number of aromatic nitrogens is 1. The van der Waals surface area contributed by atoms with Crippen LogP contribution in [-0.4, -0.2) is 17.5 Å². The molecule has 0 bridgehead atoms. The monoisotopic (exact) mass is 442 g/mol. The highest BCUT2D eigenvalue weighted by Crippen LogP contribution is 2.39. The van der Waals surface area contributed by atoms with Crippen molar-refractivity contribution in [2.45, 2.75) is 19.8 Å². The van der Waals surface area contributed by atoms with Gasteiger partial charge >= 0.3 is 0 Å². The van der Waals surface area contributed by atoms with E-state index >= 15 is 0 Å². The van der Waals surface area contributed by atoms with E-state index in [1.165, 1.54) is 11.3 Å². The molecule has 0 fully saturated rings. The van der Waals surface area contributed by atoms with Crippen LogP contribution in [-0.2, 0) is 4.79 Å². The molecule has 0 aliphatic rings. The molecule has 30 heavy (non-hydrogen) atoms. The molecule has 6 nitrogen and oxygen atoms in total. The molecule has 1 N–H and O–H groups in total. The SMILES string of the molecule is Cc1cc(Cl)ccc1OCCCC(=O)Nc1nc(-c2ccco2)c(-c2ccco2)s1. The van der Waals surface area contributed by atoms with Gasteiger partial charge in [-0.15, -0.1) is 0 Å². The smallest absolute Gasteiger partial charge is 0.226 e. The first kappa shape index (κ1) is 20.3. The average Bonchev–Trinajstić information content (AvgIpc) is 3.47. The lowest BCUT2D eigenvalue weighted by Gasteiger charge is -2.09. The maximum absolute atomic E-state index is 12.4. The Balaban J connectivity index is 1.36. The quantitative estimate of drug-likeness (QED) is 0.318. The Morgan fingerprint density at radius 3 is 2.63 bits per heavy atom. The topological polar surface area (TPSA) is 77.5 Å². The summed E-state index contributed by atoms with van der Waals surface area (Å²) in [5.41, 5.74) is 1.60. The molecular weight excluding hydrogens is 424 g/mol.